The summed E-state index contributed by atoms with van der Waals surface area (Å²) < 4.78 is 5.23. The molecular weight excluding hydrogens is 1620 g/mol. The van der Waals surface area contributed by atoms with Crippen molar-refractivity contribution in [2.24, 2.45) is 94.7 Å². The van der Waals surface area contributed by atoms with Crippen LogP contribution < -0.4 is 9.80 Å². The minimum absolute atomic E-state index is 0.0334. The fourth-order valence-corrected chi connectivity index (χ4v) is 33.9. The van der Waals surface area contributed by atoms with E-state index < -0.39 is 0 Å². The molecule has 16 aliphatic carbocycles. The highest BCUT2D eigenvalue weighted by atomic mass is 15.2. The topological polar surface area (TPSA) is 16.3 Å². The van der Waals surface area contributed by atoms with E-state index in [1.54, 1.807) is 22.3 Å². The van der Waals surface area contributed by atoms with Gasteiger partial charge in [0.05, 0.1) is 22.1 Å². The van der Waals surface area contributed by atoms with Gasteiger partial charge in [0.2, 0.25) is 0 Å². The van der Waals surface area contributed by atoms with Gasteiger partial charge in [0, 0.05) is 67.0 Å². The molecule has 31 rings (SSSR count). The van der Waals surface area contributed by atoms with Crippen LogP contribution in [0.5, 0.6) is 0 Å². The van der Waals surface area contributed by atoms with E-state index in [2.05, 4.69) is 357 Å². The second kappa shape index (κ2) is 30.5. The quantitative estimate of drug-likeness (QED) is 0.101. The van der Waals surface area contributed by atoms with Crippen LogP contribution in [0.25, 0.3) is 98.8 Å². The molecule has 0 saturated heterocycles. The zero-order valence-corrected chi connectivity index (χ0v) is 81.7. The second-order valence-corrected chi connectivity index (χ2v) is 50.7. The number of fused-ring (bicyclic) bond motifs is 8. The molecule has 0 spiro atoms. The van der Waals surface area contributed by atoms with E-state index in [1.165, 1.54) is 284 Å². The molecule has 15 aromatic rings. The molecule has 678 valence electrons. The Labute approximate surface area is 797 Å². The summed E-state index contributed by atoms with van der Waals surface area (Å²) >= 11 is 0. The summed E-state index contributed by atoms with van der Waals surface area (Å²) in [6.07, 6.45) is 28.3. The number of aromatic nitrogens is 2. The van der Waals surface area contributed by atoms with Gasteiger partial charge in [-0.3, -0.25) is 0 Å². The van der Waals surface area contributed by atoms with Crippen LogP contribution in [0.2, 0.25) is 0 Å². The third-order valence-electron chi connectivity index (χ3n) is 38.3. The summed E-state index contributed by atoms with van der Waals surface area (Å²) in [5, 5.41) is 10.4. The van der Waals surface area contributed by atoms with Gasteiger partial charge in [-0.1, -0.05) is 229 Å². The molecule has 0 unspecified atom stereocenters. The fourth-order valence-electron chi connectivity index (χ4n) is 33.9. The first-order valence-corrected chi connectivity index (χ1v) is 53.2. The maximum Gasteiger partial charge on any atom is 0.0544 e. The van der Waals surface area contributed by atoms with Crippen LogP contribution in [-0.4, -0.2) is 9.13 Å². The van der Waals surface area contributed by atoms with Crippen LogP contribution in [0.3, 0.4) is 0 Å². The maximum atomic E-state index is 2.89. The molecule has 4 nitrogen and oxygen atoms in total. The molecule has 0 aliphatic heterocycles. The zero-order chi connectivity index (χ0) is 90.2. The van der Waals surface area contributed by atoms with Crippen LogP contribution in [0.4, 0.5) is 34.1 Å². The summed E-state index contributed by atoms with van der Waals surface area (Å²) in [5.41, 5.74) is 31.7. The van der Waals surface area contributed by atoms with Crippen LogP contribution in [-0.2, 0) is 21.7 Å². The Kier molecular flexibility index (Phi) is 18.9. The summed E-state index contributed by atoms with van der Waals surface area (Å²) in [6.45, 7) is 29.0. The van der Waals surface area contributed by atoms with E-state index in [9.17, 15) is 0 Å². The molecule has 0 N–H and O–H groups in total. The monoisotopic (exact) mass is 1760 g/mol. The largest absolute Gasteiger partial charge is 0.310 e. The van der Waals surface area contributed by atoms with Gasteiger partial charge in [-0.15, -0.1) is 0 Å². The molecule has 134 heavy (non-hydrogen) atoms. The van der Waals surface area contributed by atoms with Crippen molar-refractivity contribution in [1.29, 1.82) is 0 Å². The Hall–Kier alpha value is -10.4. The number of nitrogens with zero attached hydrogens (tertiary/aromatic N) is 4. The standard InChI is InChI=1S/C130H138N4/c1-127(2,3)95-35-39-107-105-27-15-19-33-117(105)133(119(107)69-95)99-25-21-23-97(71-99)131(103-65-91(121-83-47-75-43-76(49-83)50-84(121)48-75)63-92(66-103)122-85-51-77-44-78(53-85)54-86(122)52-77)101-37-41-109-113(73-101)125(111-29-13-17-31-115(111)129(7,8)9)110-42-38-102(74-114(110)126(109)112-30-14-18-32-116(112)130(10,11)12)132(98-24-22-26-100(72-98)134-118-34-20-16-28-106(118)108-40-36-96(70-120(108)134)128(4,5)6)104-67-93(123-87-55-79-45-80(57-87)58-88(123)56-79)64-94(68-104)124-89-59-81-46-82(61-89)62-90(124)60-81/h13-42,63-90,121-124H,43-62H2,1-12H3. The number of para-hydroxylation sites is 2. The van der Waals surface area contributed by atoms with Gasteiger partial charge >= 0.3 is 0 Å². The first-order chi connectivity index (χ1) is 64.8. The molecule has 0 atom stereocenters. The summed E-state index contributed by atoms with van der Waals surface area (Å²) in [4.78, 5) is 5.63. The van der Waals surface area contributed by atoms with Crippen molar-refractivity contribution >= 4 is 99.3 Å². The zero-order valence-electron chi connectivity index (χ0n) is 81.7. The molecule has 16 fully saturated rings. The summed E-state index contributed by atoms with van der Waals surface area (Å²) in [6, 6.07) is 105. The average Bonchev–Trinajstić information content (AvgIpc) is 0.938. The van der Waals surface area contributed by atoms with Gasteiger partial charge < -0.3 is 18.9 Å². The highest BCUT2D eigenvalue weighted by Gasteiger charge is 2.54. The molecule has 16 bridgehead atoms. The van der Waals surface area contributed by atoms with Crippen molar-refractivity contribution in [1.82, 2.24) is 9.13 Å². The molecule has 16 saturated carbocycles. The average molecular weight is 1760 g/mol. The third kappa shape index (κ3) is 13.5. The van der Waals surface area contributed by atoms with Gasteiger partial charge in [0.25, 0.3) is 0 Å². The van der Waals surface area contributed by atoms with E-state index in [0.717, 1.165) is 94.7 Å². The van der Waals surface area contributed by atoms with Gasteiger partial charge in [-0.25, -0.2) is 0 Å². The normalized spacial score (nSPS) is 28.7. The predicted octanol–water partition coefficient (Wildman–Crippen LogP) is 35.8. The Morgan fingerprint density at radius 3 is 0.806 bits per heavy atom. The number of benzene rings is 13. The van der Waals surface area contributed by atoms with Crippen molar-refractivity contribution in [2.75, 3.05) is 9.80 Å². The lowest BCUT2D eigenvalue weighted by atomic mass is 9.49. The number of rotatable bonds is 14. The number of hydrogen-bond donors (Lipinski definition) is 0. The molecule has 13 aromatic carbocycles. The minimum Gasteiger partial charge on any atom is -0.310 e. The minimum atomic E-state index is -0.201. The Morgan fingerprint density at radius 1 is 0.209 bits per heavy atom. The van der Waals surface area contributed by atoms with Crippen molar-refractivity contribution < 1.29 is 0 Å². The SMILES string of the molecule is CC(C)(C)c1ccc2c3ccccc3n(-c3cccc(N(c4cc(C5C6CC7CC(C6)CC5C7)cc(C5C6CC7CC(C6)CC5C7)c4)c4ccc5c(-c6ccccc6C(C)(C)C)c6cc(N(c7cc(C8C9CC%10CC(C9)CC8C%10)cc(C8C9CC%10CC(C9)CC8C%10)c7)c7cccc(-n8c9ccccc9c9ccc(C(C)(C)C)cc98)c7)ccc6c(-c6ccccc6C(C)(C)C)c5c4)c3)c2c1. The highest BCUT2D eigenvalue weighted by molar-refractivity contribution is 6.23. The first kappa shape index (κ1) is 83.0. The smallest absolute Gasteiger partial charge is 0.0544 e. The molecule has 2 aromatic heterocycles. The molecule has 2 heterocycles. The van der Waals surface area contributed by atoms with Crippen molar-refractivity contribution in [3.05, 3.63) is 299 Å². The second-order valence-electron chi connectivity index (χ2n) is 50.7. The van der Waals surface area contributed by atoms with E-state index >= 15 is 0 Å². The van der Waals surface area contributed by atoms with Crippen LogP contribution in [0, 0.1) is 94.7 Å². The van der Waals surface area contributed by atoms with Crippen molar-refractivity contribution in [2.45, 2.75) is 257 Å². The molecular formula is C130H138N4. The predicted molar refractivity (Wildman–Crippen MR) is 564 cm³/mol. The Bertz CT molecular complexity index is 6620. The maximum absolute atomic E-state index is 2.89. The van der Waals surface area contributed by atoms with Crippen LogP contribution >= 0.6 is 0 Å². The Morgan fingerprint density at radius 2 is 0.493 bits per heavy atom. The highest BCUT2D eigenvalue weighted by Crippen LogP contribution is 2.67. The summed E-state index contributed by atoms with van der Waals surface area (Å²) in [5.74, 6) is 15.5. The van der Waals surface area contributed by atoms with Crippen LogP contribution in [0.15, 0.2) is 255 Å². The van der Waals surface area contributed by atoms with E-state index in [0.29, 0.717) is 23.7 Å². The van der Waals surface area contributed by atoms with Crippen molar-refractivity contribution in [3.8, 4) is 33.6 Å². The summed E-state index contributed by atoms with van der Waals surface area (Å²) in [7, 11) is 0. The van der Waals surface area contributed by atoms with Gasteiger partial charge in [-0.2, -0.15) is 0 Å². The fraction of sp³-hybridized carbons (Fsp3) is 0.431. The van der Waals surface area contributed by atoms with Crippen LogP contribution in [0.1, 0.15) is 280 Å². The van der Waals surface area contributed by atoms with E-state index in [1.807, 2.05) is 0 Å². The van der Waals surface area contributed by atoms with Gasteiger partial charge in [0.15, 0.2) is 0 Å². The van der Waals surface area contributed by atoms with Gasteiger partial charge in [0.1, 0.15) is 0 Å². The molecule has 16 aliphatic rings. The number of hydrogen-bond acceptors (Lipinski definition) is 2. The van der Waals surface area contributed by atoms with Crippen molar-refractivity contribution in [3.63, 3.8) is 0 Å². The lowest BCUT2D eigenvalue weighted by molar-refractivity contribution is -0.00507. The lowest BCUT2D eigenvalue weighted by Gasteiger charge is -2.56. The lowest BCUT2D eigenvalue weighted by Crippen LogP contribution is -2.44. The van der Waals surface area contributed by atoms with Gasteiger partial charge in [-0.05, 0) is 466 Å². The third-order valence-corrected chi connectivity index (χ3v) is 38.3. The van der Waals surface area contributed by atoms with E-state index in [-0.39, 0.29) is 21.7 Å². The molecule has 4 heteroatoms. The van der Waals surface area contributed by atoms with E-state index in [4.69, 9.17) is 0 Å². The molecule has 0 radical (unpaired) electrons. The Balaban J connectivity index is 0.731. The number of anilines is 6. The first-order valence-electron chi connectivity index (χ1n) is 53.2. The molecule has 0 amide bonds.